The Kier molecular flexibility index (Phi) is 3.49. The minimum absolute atomic E-state index is 0.256. The molecule has 0 amide bonds. The summed E-state index contributed by atoms with van der Waals surface area (Å²) in [6.45, 7) is 0. The molecular formula is C9H8O7S. The van der Waals surface area contributed by atoms with Gasteiger partial charge in [-0.15, -0.1) is 0 Å². The van der Waals surface area contributed by atoms with E-state index in [0.717, 1.165) is 18.2 Å². The van der Waals surface area contributed by atoms with Crippen LogP contribution in [0.5, 0.6) is 0 Å². The molecule has 0 aromatic heterocycles. The van der Waals surface area contributed by atoms with Gasteiger partial charge in [-0.3, -0.25) is 4.55 Å². The highest BCUT2D eigenvalue weighted by atomic mass is 32.2. The highest BCUT2D eigenvalue weighted by Crippen LogP contribution is 2.15. The highest BCUT2D eigenvalue weighted by molar-refractivity contribution is 7.85. The molecule has 0 atom stereocenters. The first kappa shape index (κ1) is 13.1. The molecule has 0 radical (unpaired) electrons. The van der Waals surface area contributed by atoms with Crippen molar-refractivity contribution in [3.8, 4) is 0 Å². The number of aromatic carboxylic acids is 2. The smallest absolute Gasteiger partial charge is 0.335 e. The predicted octanol–water partition coefficient (Wildman–Crippen LogP) is 0.471. The van der Waals surface area contributed by atoms with Crippen molar-refractivity contribution in [2.24, 2.45) is 0 Å². The van der Waals surface area contributed by atoms with E-state index >= 15 is 0 Å². The third-order valence-corrected chi connectivity index (χ3v) is 2.60. The summed E-state index contributed by atoms with van der Waals surface area (Å²) in [6.07, 6.45) is 0. The summed E-state index contributed by atoms with van der Waals surface area (Å²) in [6, 6.07) is 2.92. The van der Waals surface area contributed by atoms with Crippen molar-refractivity contribution in [2.75, 3.05) is 0 Å². The second kappa shape index (κ2) is 4.52. The zero-order valence-electron chi connectivity index (χ0n) is 8.32. The van der Waals surface area contributed by atoms with Gasteiger partial charge in [-0.1, -0.05) is 0 Å². The van der Waals surface area contributed by atoms with Crippen LogP contribution in [-0.4, -0.2) is 35.1 Å². The Morgan fingerprint density at radius 2 is 1.71 bits per heavy atom. The standard InChI is InChI=1S/C9H8O7S/c10-8(11)5-1-2-7(9(12)13)6(3-5)4-17(14,15)16/h1-3H,4H2,(H,10,11)(H,12,13)(H,14,15,16). The molecule has 3 N–H and O–H groups in total. The molecule has 0 heterocycles. The van der Waals surface area contributed by atoms with Crippen LogP contribution in [0.2, 0.25) is 0 Å². The Balaban J connectivity index is 3.35. The van der Waals surface area contributed by atoms with Crippen molar-refractivity contribution in [2.45, 2.75) is 5.75 Å². The average Bonchev–Trinajstić information content (AvgIpc) is 2.14. The number of carboxylic acids is 2. The monoisotopic (exact) mass is 260 g/mol. The second-order valence-electron chi connectivity index (χ2n) is 3.21. The Bertz CT molecular complexity index is 573. The molecule has 8 heteroatoms. The van der Waals surface area contributed by atoms with Crippen LogP contribution in [-0.2, 0) is 15.9 Å². The van der Waals surface area contributed by atoms with Crippen LogP contribution in [0.25, 0.3) is 0 Å². The summed E-state index contributed by atoms with van der Waals surface area (Å²) in [5, 5.41) is 17.4. The number of hydrogen-bond acceptors (Lipinski definition) is 4. The summed E-state index contributed by atoms with van der Waals surface area (Å²) in [5.74, 6) is -3.67. The molecule has 0 aliphatic rings. The molecule has 7 nitrogen and oxygen atoms in total. The summed E-state index contributed by atoms with van der Waals surface area (Å²) < 4.78 is 30.0. The van der Waals surface area contributed by atoms with Crippen LogP contribution in [0.15, 0.2) is 18.2 Å². The van der Waals surface area contributed by atoms with Crippen molar-refractivity contribution in [3.05, 3.63) is 34.9 Å². The van der Waals surface area contributed by atoms with Gasteiger partial charge in [0.05, 0.1) is 11.1 Å². The maximum absolute atomic E-state index is 10.8. The van der Waals surface area contributed by atoms with E-state index in [1.807, 2.05) is 0 Å². The number of benzene rings is 1. The van der Waals surface area contributed by atoms with E-state index < -0.39 is 27.8 Å². The van der Waals surface area contributed by atoms with Crippen molar-refractivity contribution in [1.29, 1.82) is 0 Å². The molecule has 1 aromatic carbocycles. The fourth-order valence-corrected chi connectivity index (χ4v) is 1.88. The van der Waals surface area contributed by atoms with Gasteiger partial charge in [-0.25, -0.2) is 9.59 Å². The van der Waals surface area contributed by atoms with E-state index in [0.29, 0.717) is 0 Å². The quantitative estimate of drug-likeness (QED) is 0.671. The summed E-state index contributed by atoms with van der Waals surface area (Å²) in [7, 11) is -4.43. The van der Waals surface area contributed by atoms with Gasteiger partial charge in [-0.2, -0.15) is 8.42 Å². The number of carbonyl (C=O) groups is 2. The van der Waals surface area contributed by atoms with Crippen molar-refractivity contribution in [1.82, 2.24) is 0 Å². The molecule has 1 rings (SSSR count). The Hall–Kier alpha value is -1.93. The van der Waals surface area contributed by atoms with Crippen molar-refractivity contribution >= 4 is 22.1 Å². The van der Waals surface area contributed by atoms with Crippen LogP contribution in [0.4, 0.5) is 0 Å². The minimum atomic E-state index is -4.43. The van der Waals surface area contributed by atoms with E-state index in [1.54, 1.807) is 0 Å². The number of carboxylic acid groups (broad SMARTS) is 2. The maximum Gasteiger partial charge on any atom is 0.335 e. The summed E-state index contributed by atoms with van der Waals surface area (Å²) in [4.78, 5) is 21.4. The van der Waals surface area contributed by atoms with Crippen LogP contribution >= 0.6 is 0 Å². The van der Waals surface area contributed by atoms with Crippen LogP contribution in [0.1, 0.15) is 26.3 Å². The summed E-state index contributed by atoms with van der Waals surface area (Å²) in [5.41, 5.74) is -0.902. The molecule has 0 unspecified atom stereocenters. The molecule has 92 valence electrons. The molecule has 1 aromatic rings. The normalized spacial score (nSPS) is 11.1. The van der Waals surface area contributed by atoms with E-state index in [4.69, 9.17) is 14.8 Å². The predicted molar refractivity (Wildman–Crippen MR) is 55.6 cm³/mol. The molecule has 17 heavy (non-hydrogen) atoms. The SMILES string of the molecule is O=C(O)c1ccc(C(=O)O)c(CS(=O)(=O)O)c1. The molecule has 0 aliphatic heterocycles. The third-order valence-electron chi connectivity index (χ3n) is 1.92. The maximum atomic E-state index is 10.8. The van der Waals surface area contributed by atoms with Crippen molar-refractivity contribution < 1.29 is 32.8 Å². The topological polar surface area (TPSA) is 129 Å². The van der Waals surface area contributed by atoms with Gasteiger partial charge in [0.25, 0.3) is 10.1 Å². The first-order valence-corrected chi connectivity index (χ1v) is 5.86. The third kappa shape index (κ3) is 3.54. The lowest BCUT2D eigenvalue weighted by molar-refractivity contribution is 0.0680. The lowest BCUT2D eigenvalue weighted by Gasteiger charge is -2.05. The molecule has 0 bridgehead atoms. The summed E-state index contributed by atoms with van der Waals surface area (Å²) >= 11 is 0. The van der Waals surface area contributed by atoms with E-state index in [-0.39, 0.29) is 16.7 Å². The zero-order valence-corrected chi connectivity index (χ0v) is 9.14. The van der Waals surface area contributed by atoms with Gasteiger partial charge < -0.3 is 10.2 Å². The van der Waals surface area contributed by atoms with Gasteiger partial charge in [-0.05, 0) is 23.8 Å². The van der Waals surface area contributed by atoms with Crippen LogP contribution in [0, 0.1) is 0 Å². The van der Waals surface area contributed by atoms with E-state index in [9.17, 15) is 18.0 Å². The van der Waals surface area contributed by atoms with Crippen LogP contribution < -0.4 is 0 Å². The molecule has 0 aliphatic carbocycles. The lowest BCUT2D eigenvalue weighted by atomic mass is 10.1. The van der Waals surface area contributed by atoms with E-state index in [1.165, 1.54) is 0 Å². The van der Waals surface area contributed by atoms with Crippen LogP contribution in [0.3, 0.4) is 0 Å². The fraction of sp³-hybridized carbons (Fsp3) is 0.111. The van der Waals surface area contributed by atoms with Gasteiger partial charge in [0.1, 0.15) is 5.75 Å². The Morgan fingerprint density at radius 3 is 2.12 bits per heavy atom. The minimum Gasteiger partial charge on any atom is -0.478 e. The number of rotatable bonds is 4. The van der Waals surface area contributed by atoms with Gasteiger partial charge in [0.2, 0.25) is 0 Å². The molecule has 0 spiro atoms. The van der Waals surface area contributed by atoms with Gasteiger partial charge >= 0.3 is 11.9 Å². The molecule has 0 fully saturated rings. The average molecular weight is 260 g/mol. The van der Waals surface area contributed by atoms with E-state index in [2.05, 4.69) is 0 Å². The molecule has 0 saturated carbocycles. The highest BCUT2D eigenvalue weighted by Gasteiger charge is 2.17. The zero-order chi connectivity index (χ0) is 13.2. The Labute approximate surface area is 96.1 Å². The fourth-order valence-electron chi connectivity index (χ4n) is 1.25. The first-order chi connectivity index (χ1) is 7.70. The molecule has 0 saturated heterocycles. The van der Waals surface area contributed by atoms with Gasteiger partial charge in [0.15, 0.2) is 0 Å². The van der Waals surface area contributed by atoms with Gasteiger partial charge in [0, 0.05) is 0 Å². The second-order valence-corrected chi connectivity index (χ2v) is 4.66. The molecular weight excluding hydrogens is 252 g/mol. The first-order valence-electron chi connectivity index (χ1n) is 4.25. The van der Waals surface area contributed by atoms with Crippen molar-refractivity contribution in [3.63, 3.8) is 0 Å². The largest absolute Gasteiger partial charge is 0.478 e. The number of hydrogen-bond donors (Lipinski definition) is 3. The Morgan fingerprint density at radius 1 is 1.12 bits per heavy atom. The lowest BCUT2D eigenvalue weighted by Crippen LogP contribution is -2.10.